The van der Waals surface area contributed by atoms with E-state index in [1.54, 1.807) is 42.6 Å². The number of hydrogen-bond acceptors (Lipinski definition) is 2. The Bertz CT molecular complexity index is 478. The number of aromatic nitrogens is 2. The zero-order valence-electron chi connectivity index (χ0n) is 8.27. The predicted molar refractivity (Wildman–Crippen MR) is 62.4 cm³/mol. The quantitative estimate of drug-likeness (QED) is 0.744. The lowest BCUT2D eigenvalue weighted by Gasteiger charge is -1.96. The smallest absolute Gasteiger partial charge is 0.220 e. The SMILES string of the molecule is Fc1ncccc1/C=C\c1cccnc1Cl. The average molecular weight is 235 g/mol. The van der Waals surface area contributed by atoms with Gasteiger partial charge in [-0.15, -0.1) is 0 Å². The molecule has 80 valence electrons. The largest absolute Gasteiger partial charge is 0.244 e. The molecule has 2 aromatic rings. The molecule has 0 aliphatic heterocycles. The minimum atomic E-state index is -0.501. The zero-order chi connectivity index (χ0) is 11.4. The van der Waals surface area contributed by atoms with E-state index in [0.29, 0.717) is 10.7 Å². The molecule has 0 aliphatic carbocycles. The number of nitrogens with zero attached hydrogens (tertiary/aromatic N) is 2. The first-order valence-electron chi connectivity index (χ1n) is 4.66. The molecule has 2 rings (SSSR count). The third-order valence-electron chi connectivity index (χ3n) is 2.02. The topological polar surface area (TPSA) is 25.8 Å². The normalized spacial score (nSPS) is 10.9. The summed E-state index contributed by atoms with van der Waals surface area (Å²) in [5.41, 5.74) is 1.16. The summed E-state index contributed by atoms with van der Waals surface area (Å²) < 4.78 is 13.2. The van der Waals surface area contributed by atoms with E-state index in [4.69, 9.17) is 11.6 Å². The van der Waals surface area contributed by atoms with Crippen LogP contribution in [0.3, 0.4) is 0 Å². The van der Waals surface area contributed by atoms with Crippen molar-refractivity contribution in [2.75, 3.05) is 0 Å². The van der Waals surface area contributed by atoms with Crippen molar-refractivity contribution in [1.29, 1.82) is 0 Å². The Morgan fingerprint density at radius 1 is 1.00 bits per heavy atom. The predicted octanol–water partition coefficient (Wildman–Crippen LogP) is 3.44. The summed E-state index contributed by atoms with van der Waals surface area (Å²) in [7, 11) is 0. The van der Waals surface area contributed by atoms with E-state index >= 15 is 0 Å². The van der Waals surface area contributed by atoms with Crippen molar-refractivity contribution in [3.8, 4) is 0 Å². The van der Waals surface area contributed by atoms with Crippen molar-refractivity contribution in [3.05, 3.63) is 58.9 Å². The van der Waals surface area contributed by atoms with Gasteiger partial charge in [0.15, 0.2) is 0 Å². The van der Waals surface area contributed by atoms with Crippen molar-refractivity contribution in [2.24, 2.45) is 0 Å². The van der Waals surface area contributed by atoms with Gasteiger partial charge in [0.1, 0.15) is 5.15 Å². The van der Waals surface area contributed by atoms with E-state index in [-0.39, 0.29) is 0 Å². The van der Waals surface area contributed by atoms with E-state index in [2.05, 4.69) is 9.97 Å². The molecule has 0 spiro atoms. The second-order valence-corrected chi connectivity index (χ2v) is 3.46. The van der Waals surface area contributed by atoms with Gasteiger partial charge in [0, 0.05) is 23.5 Å². The molecule has 0 unspecified atom stereocenters. The third kappa shape index (κ3) is 2.44. The monoisotopic (exact) mass is 234 g/mol. The Balaban J connectivity index is 2.29. The fraction of sp³-hybridized carbons (Fsp3) is 0. The van der Waals surface area contributed by atoms with E-state index < -0.39 is 5.95 Å². The van der Waals surface area contributed by atoms with Crippen molar-refractivity contribution in [1.82, 2.24) is 9.97 Å². The van der Waals surface area contributed by atoms with Crippen LogP contribution in [-0.2, 0) is 0 Å². The molecule has 0 radical (unpaired) electrons. The second kappa shape index (κ2) is 4.86. The Hall–Kier alpha value is -1.74. The zero-order valence-corrected chi connectivity index (χ0v) is 9.03. The van der Waals surface area contributed by atoms with Crippen LogP contribution in [0.25, 0.3) is 12.2 Å². The van der Waals surface area contributed by atoms with E-state index in [9.17, 15) is 4.39 Å². The van der Waals surface area contributed by atoms with Crippen molar-refractivity contribution in [2.45, 2.75) is 0 Å². The molecule has 4 heteroatoms. The lowest BCUT2D eigenvalue weighted by Crippen LogP contribution is -1.85. The van der Waals surface area contributed by atoms with Crippen LogP contribution in [0, 0.1) is 5.95 Å². The van der Waals surface area contributed by atoms with Gasteiger partial charge in [-0.3, -0.25) is 0 Å². The number of hydrogen-bond donors (Lipinski definition) is 0. The lowest BCUT2D eigenvalue weighted by molar-refractivity contribution is 0.581. The molecule has 0 fully saturated rings. The first kappa shape index (κ1) is 10.8. The minimum Gasteiger partial charge on any atom is -0.244 e. The van der Waals surface area contributed by atoms with Gasteiger partial charge in [-0.25, -0.2) is 9.97 Å². The standard InChI is InChI=1S/C12H8ClFN2/c13-11-9(3-1-7-15-11)5-6-10-4-2-8-16-12(10)14/h1-8H/b6-5-. The highest BCUT2D eigenvalue weighted by Crippen LogP contribution is 2.15. The molecule has 0 saturated carbocycles. The van der Waals surface area contributed by atoms with Gasteiger partial charge in [-0.1, -0.05) is 23.7 Å². The molecule has 0 amide bonds. The molecule has 2 heterocycles. The fourth-order valence-corrected chi connectivity index (χ4v) is 1.41. The van der Waals surface area contributed by atoms with Crippen molar-refractivity contribution in [3.63, 3.8) is 0 Å². The van der Waals surface area contributed by atoms with Gasteiger partial charge in [0.05, 0.1) is 0 Å². The van der Waals surface area contributed by atoms with Crippen molar-refractivity contribution < 1.29 is 4.39 Å². The molecule has 16 heavy (non-hydrogen) atoms. The summed E-state index contributed by atoms with van der Waals surface area (Å²) in [6, 6.07) is 6.89. The lowest BCUT2D eigenvalue weighted by atomic mass is 10.2. The molecule has 0 N–H and O–H groups in total. The van der Waals surface area contributed by atoms with Gasteiger partial charge in [-0.2, -0.15) is 4.39 Å². The third-order valence-corrected chi connectivity index (χ3v) is 2.33. The van der Waals surface area contributed by atoms with Gasteiger partial charge in [-0.05, 0) is 24.3 Å². The maximum Gasteiger partial charge on any atom is 0.220 e. The fourth-order valence-electron chi connectivity index (χ4n) is 1.23. The molecule has 0 aliphatic rings. The van der Waals surface area contributed by atoms with Gasteiger partial charge < -0.3 is 0 Å². The Morgan fingerprint density at radius 2 is 1.62 bits per heavy atom. The molecule has 0 atom stereocenters. The summed E-state index contributed by atoms with van der Waals surface area (Å²) in [4.78, 5) is 7.47. The van der Waals surface area contributed by atoms with Crippen LogP contribution < -0.4 is 0 Å². The maximum absolute atomic E-state index is 13.2. The summed E-state index contributed by atoms with van der Waals surface area (Å²) in [6.07, 6.45) is 6.33. The van der Waals surface area contributed by atoms with Gasteiger partial charge in [0.25, 0.3) is 0 Å². The van der Waals surface area contributed by atoms with Crippen LogP contribution in [-0.4, -0.2) is 9.97 Å². The Kier molecular flexibility index (Phi) is 3.27. The molecular weight excluding hydrogens is 227 g/mol. The maximum atomic E-state index is 13.2. The molecule has 2 nitrogen and oxygen atoms in total. The summed E-state index contributed by atoms with van der Waals surface area (Å²) in [6.45, 7) is 0. The minimum absolute atomic E-state index is 0.392. The van der Waals surface area contributed by atoms with Crippen LogP contribution in [0.4, 0.5) is 4.39 Å². The highest BCUT2D eigenvalue weighted by molar-refractivity contribution is 6.30. The Morgan fingerprint density at radius 3 is 2.31 bits per heavy atom. The van der Waals surface area contributed by atoms with E-state index in [1.807, 2.05) is 0 Å². The first-order valence-corrected chi connectivity index (χ1v) is 5.04. The molecular formula is C12H8ClFN2. The Labute approximate surface area is 97.4 Å². The van der Waals surface area contributed by atoms with E-state index in [1.165, 1.54) is 6.20 Å². The number of rotatable bonds is 2. The number of halogens is 2. The van der Waals surface area contributed by atoms with E-state index in [0.717, 1.165) is 5.56 Å². The average Bonchev–Trinajstić information content (AvgIpc) is 2.30. The van der Waals surface area contributed by atoms with Gasteiger partial charge >= 0.3 is 0 Å². The van der Waals surface area contributed by atoms with Crippen LogP contribution in [0.15, 0.2) is 36.7 Å². The molecule has 0 bridgehead atoms. The van der Waals surface area contributed by atoms with Crippen LogP contribution in [0.5, 0.6) is 0 Å². The molecule has 0 aromatic carbocycles. The van der Waals surface area contributed by atoms with Crippen LogP contribution in [0.1, 0.15) is 11.1 Å². The molecule has 0 saturated heterocycles. The number of pyridine rings is 2. The van der Waals surface area contributed by atoms with Gasteiger partial charge in [0.2, 0.25) is 5.95 Å². The highest BCUT2D eigenvalue weighted by atomic mass is 35.5. The highest BCUT2D eigenvalue weighted by Gasteiger charge is 1.98. The second-order valence-electron chi connectivity index (χ2n) is 3.10. The van der Waals surface area contributed by atoms with Crippen molar-refractivity contribution >= 4 is 23.8 Å². The van der Waals surface area contributed by atoms with Crippen LogP contribution >= 0.6 is 11.6 Å². The summed E-state index contributed by atoms with van der Waals surface area (Å²) >= 11 is 5.86. The first-order chi connectivity index (χ1) is 7.77. The summed E-state index contributed by atoms with van der Waals surface area (Å²) in [5.74, 6) is -0.501. The summed E-state index contributed by atoms with van der Waals surface area (Å²) in [5, 5.41) is 0.392. The van der Waals surface area contributed by atoms with Crippen LogP contribution in [0.2, 0.25) is 5.15 Å². The molecule has 2 aromatic heterocycles.